The maximum Gasteiger partial charge on any atom is 0.191 e. The van der Waals surface area contributed by atoms with Crippen molar-refractivity contribution in [3.8, 4) is 17.2 Å². The number of hydrogen-bond donors (Lipinski definition) is 2. The lowest BCUT2D eigenvalue weighted by Crippen LogP contribution is -2.37. The Morgan fingerprint density at radius 1 is 1.07 bits per heavy atom. The molecule has 1 aromatic heterocycles. The molecule has 0 saturated heterocycles. The number of aromatic nitrogens is 1. The SMILES string of the molecule is CN=C(NCCCOc1cc(OC)cc(OC)c1)NCc1cc(C(C)C)no1. The first-order valence-corrected chi connectivity index (χ1v) is 9.31. The third-order valence-electron chi connectivity index (χ3n) is 4.03. The number of nitrogens with zero attached hydrogens (tertiary/aromatic N) is 2. The molecule has 0 aliphatic carbocycles. The average Bonchev–Trinajstić information content (AvgIpc) is 3.19. The van der Waals surface area contributed by atoms with Crippen LogP contribution < -0.4 is 24.8 Å². The molecule has 0 bridgehead atoms. The lowest BCUT2D eigenvalue weighted by atomic mass is 10.1. The maximum absolute atomic E-state index is 5.78. The van der Waals surface area contributed by atoms with Gasteiger partial charge in [-0.25, -0.2) is 0 Å². The van der Waals surface area contributed by atoms with E-state index in [-0.39, 0.29) is 0 Å². The summed E-state index contributed by atoms with van der Waals surface area (Å²) in [5, 5.41) is 10.5. The first kappa shape index (κ1) is 21.4. The molecule has 1 heterocycles. The van der Waals surface area contributed by atoms with Gasteiger partial charge in [-0.15, -0.1) is 0 Å². The van der Waals surface area contributed by atoms with Crippen molar-refractivity contribution in [3.63, 3.8) is 0 Å². The van der Waals surface area contributed by atoms with Crippen LogP contribution in [0.1, 0.15) is 37.6 Å². The van der Waals surface area contributed by atoms with Crippen molar-refractivity contribution in [1.29, 1.82) is 0 Å². The Labute approximate surface area is 166 Å². The Morgan fingerprint density at radius 3 is 2.32 bits per heavy atom. The number of nitrogens with one attached hydrogen (secondary N) is 2. The van der Waals surface area contributed by atoms with E-state index in [9.17, 15) is 0 Å². The lowest BCUT2D eigenvalue weighted by molar-refractivity contribution is 0.305. The normalized spacial score (nSPS) is 11.4. The van der Waals surface area contributed by atoms with Gasteiger partial charge in [0, 0.05) is 37.9 Å². The van der Waals surface area contributed by atoms with Crippen molar-refractivity contribution < 1.29 is 18.7 Å². The van der Waals surface area contributed by atoms with Gasteiger partial charge < -0.3 is 29.4 Å². The molecule has 0 saturated carbocycles. The van der Waals surface area contributed by atoms with E-state index in [2.05, 4.69) is 34.6 Å². The highest BCUT2D eigenvalue weighted by Crippen LogP contribution is 2.27. The minimum atomic E-state index is 0.347. The van der Waals surface area contributed by atoms with E-state index < -0.39 is 0 Å². The second-order valence-electron chi connectivity index (χ2n) is 6.48. The molecule has 0 amide bonds. The average molecular weight is 390 g/mol. The highest BCUT2D eigenvalue weighted by atomic mass is 16.5. The zero-order valence-corrected chi connectivity index (χ0v) is 17.2. The van der Waals surface area contributed by atoms with Gasteiger partial charge in [0.25, 0.3) is 0 Å². The van der Waals surface area contributed by atoms with Crippen molar-refractivity contribution in [2.45, 2.75) is 32.7 Å². The van der Waals surface area contributed by atoms with Crippen LogP contribution in [-0.4, -0.2) is 45.5 Å². The van der Waals surface area contributed by atoms with E-state index >= 15 is 0 Å². The van der Waals surface area contributed by atoms with E-state index in [1.165, 1.54) is 0 Å². The van der Waals surface area contributed by atoms with Crippen LogP contribution in [0.25, 0.3) is 0 Å². The largest absolute Gasteiger partial charge is 0.496 e. The first-order chi connectivity index (χ1) is 13.5. The molecule has 0 aliphatic heterocycles. The van der Waals surface area contributed by atoms with Crippen molar-refractivity contribution in [3.05, 3.63) is 35.7 Å². The number of benzene rings is 1. The van der Waals surface area contributed by atoms with Crippen LogP contribution in [0.3, 0.4) is 0 Å². The highest BCUT2D eigenvalue weighted by molar-refractivity contribution is 5.79. The van der Waals surface area contributed by atoms with E-state index in [4.69, 9.17) is 18.7 Å². The summed E-state index contributed by atoms with van der Waals surface area (Å²) in [5.74, 6) is 3.94. The smallest absolute Gasteiger partial charge is 0.191 e. The zero-order chi connectivity index (χ0) is 20.4. The van der Waals surface area contributed by atoms with Gasteiger partial charge in [0.1, 0.15) is 17.2 Å². The number of hydrogen-bond acceptors (Lipinski definition) is 6. The fourth-order valence-electron chi connectivity index (χ4n) is 2.41. The fourth-order valence-corrected chi connectivity index (χ4v) is 2.41. The molecule has 1 aromatic carbocycles. The number of methoxy groups -OCH3 is 2. The summed E-state index contributed by atoms with van der Waals surface area (Å²) in [6, 6.07) is 7.43. The van der Waals surface area contributed by atoms with Gasteiger partial charge in [-0.1, -0.05) is 19.0 Å². The van der Waals surface area contributed by atoms with E-state index in [0.717, 1.165) is 17.9 Å². The molecule has 8 nitrogen and oxygen atoms in total. The Bertz CT molecular complexity index is 736. The van der Waals surface area contributed by atoms with Gasteiger partial charge in [-0.3, -0.25) is 4.99 Å². The molecule has 0 aliphatic rings. The maximum atomic E-state index is 5.78. The summed E-state index contributed by atoms with van der Waals surface area (Å²) in [5.41, 5.74) is 0.950. The molecule has 0 radical (unpaired) electrons. The van der Waals surface area contributed by atoms with E-state index in [0.29, 0.717) is 48.8 Å². The molecule has 154 valence electrons. The molecule has 0 spiro atoms. The molecule has 0 unspecified atom stereocenters. The Hall–Kier alpha value is -2.90. The van der Waals surface area contributed by atoms with Crippen molar-refractivity contribution in [1.82, 2.24) is 15.8 Å². The van der Waals surface area contributed by atoms with Gasteiger partial charge in [0.15, 0.2) is 11.7 Å². The van der Waals surface area contributed by atoms with Gasteiger partial charge in [-0.2, -0.15) is 0 Å². The van der Waals surface area contributed by atoms with Crippen LogP contribution in [0.4, 0.5) is 0 Å². The fraction of sp³-hybridized carbons (Fsp3) is 0.500. The zero-order valence-electron chi connectivity index (χ0n) is 17.2. The summed E-state index contributed by atoms with van der Waals surface area (Å²) >= 11 is 0. The van der Waals surface area contributed by atoms with Crippen molar-refractivity contribution >= 4 is 5.96 Å². The van der Waals surface area contributed by atoms with Gasteiger partial charge >= 0.3 is 0 Å². The van der Waals surface area contributed by atoms with E-state index in [1.807, 2.05) is 24.3 Å². The summed E-state index contributed by atoms with van der Waals surface area (Å²) in [6.45, 7) is 5.96. The van der Waals surface area contributed by atoms with Crippen LogP contribution in [0.15, 0.2) is 33.8 Å². The minimum absolute atomic E-state index is 0.347. The number of ether oxygens (including phenoxy) is 3. The molecule has 2 aromatic rings. The second-order valence-corrected chi connectivity index (χ2v) is 6.48. The summed E-state index contributed by atoms with van der Waals surface area (Å²) < 4.78 is 21.6. The van der Waals surface area contributed by atoms with Crippen LogP contribution in [-0.2, 0) is 6.54 Å². The monoisotopic (exact) mass is 390 g/mol. The second kappa shape index (κ2) is 11.1. The van der Waals surface area contributed by atoms with Crippen LogP contribution in [0.2, 0.25) is 0 Å². The van der Waals surface area contributed by atoms with Gasteiger partial charge in [0.2, 0.25) is 0 Å². The topological polar surface area (TPSA) is 90.1 Å². The molecular formula is C20H30N4O4. The molecule has 0 fully saturated rings. The van der Waals surface area contributed by atoms with Crippen LogP contribution in [0, 0.1) is 0 Å². The standard InChI is InChI=1S/C20H30N4O4/c1-14(2)19-12-18(28-24-19)13-23-20(21-3)22-7-6-8-27-17-10-15(25-4)9-16(11-17)26-5/h9-12,14H,6-8,13H2,1-5H3,(H2,21,22,23). The summed E-state index contributed by atoms with van der Waals surface area (Å²) in [4.78, 5) is 4.20. The Kier molecular flexibility index (Phi) is 8.45. The quantitative estimate of drug-likeness (QED) is 0.366. The molecule has 0 atom stereocenters. The number of rotatable bonds is 10. The summed E-state index contributed by atoms with van der Waals surface area (Å²) in [6.07, 6.45) is 0.806. The molecule has 8 heteroatoms. The van der Waals surface area contributed by atoms with E-state index in [1.54, 1.807) is 21.3 Å². The van der Waals surface area contributed by atoms with Gasteiger partial charge in [-0.05, 0) is 12.3 Å². The lowest BCUT2D eigenvalue weighted by Gasteiger charge is -2.12. The summed E-state index contributed by atoms with van der Waals surface area (Å²) in [7, 11) is 4.96. The van der Waals surface area contributed by atoms with Gasteiger partial charge in [0.05, 0.1) is 33.1 Å². The predicted octanol–water partition coefficient (Wildman–Crippen LogP) is 2.95. The predicted molar refractivity (Wildman–Crippen MR) is 108 cm³/mol. The highest BCUT2D eigenvalue weighted by Gasteiger charge is 2.08. The Balaban J connectivity index is 1.70. The minimum Gasteiger partial charge on any atom is -0.496 e. The molecular weight excluding hydrogens is 360 g/mol. The number of aliphatic imine (C=N–C) groups is 1. The third kappa shape index (κ3) is 6.68. The Morgan fingerprint density at radius 2 is 1.75 bits per heavy atom. The van der Waals surface area contributed by atoms with Crippen molar-refractivity contribution in [2.75, 3.05) is 34.4 Å². The van der Waals surface area contributed by atoms with Crippen molar-refractivity contribution in [2.24, 2.45) is 4.99 Å². The van der Waals surface area contributed by atoms with Crippen LogP contribution >= 0.6 is 0 Å². The number of guanidine groups is 1. The molecule has 28 heavy (non-hydrogen) atoms. The third-order valence-corrected chi connectivity index (χ3v) is 4.03. The molecule has 2 N–H and O–H groups in total. The molecule has 2 rings (SSSR count). The first-order valence-electron chi connectivity index (χ1n) is 9.31. The van der Waals surface area contributed by atoms with Crippen LogP contribution in [0.5, 0.6) is 17.2 Å².